The van der Waals surface area contributed by atoms with Crippen LogP contribution in [-0.2, 0) is 23.7 Å². The van der Waals surface area contributed by atoms with Crippen molar-refractivity contribution in [1.82, 2.24) is 10.6 Å². The van der Waals surface area contributed by atoms with Crippen LogP contribution < -0.4 is 26.5 Å². The van der Waals surface area contributed by atoms with Crippen molar-refractivity contribution >= 4 is 56.6 Å². The predicted molar refractivity (Wildman–Crippen MR) is 178 cm³/mol. The van der Waals surface area contributed by atoms with Gasteiger partial charge in [0.2, 0.25) is 0 Å². The Kier molecular flexibility index (Phi) is 11.7. The van der Waals surface area contributed by atoms with Gasteiger partial charge in [-0.15, -0.1) is 0 Å². The van der Waals surface area contributed by atoms with E-state index in [0.717, 1.165) is 22.2 Å². The number of rotatable bonds is 16. The number of nitroso groups, excluding NO2 is 1. The molecule has 12 heteroatoms. The van der Waals surface area contributed by atoms with Crippen molar-refractivity contribution in [3.8, 4) is 0 Å². The average molecular weight is 646 g/mol. The average Bonchev–Trinajstić information content (AvgIpc) is 2.97. The first-order chi connectivity index (χ1) is 20.3. The van der Waals surface area contributed by atoms with Gasteiger partial charge in [0.15, 0.2) is 0 Å². The molecule has 0 fully saturated rings. The van der Waals surface area contributed by atoms with Crippen LogP contribution in [0.3, 0.4) is 0 Å². The summed E-state index contributed by atoms with van der Waals surface area (Å²) in [7, 11) is -3.95. The number of carbonyl (C=O) groups is 2. The number of hydrogen-bond acceptors (Lipinski definition) is 8. The maximum atomic E-state index is 13.2. The predicted octanol–water partition coefficient (Wildman–Crippen LogP) is 4.39. The molecule has 0 aromatic heterocycles. The first-order valence-corrected chi connectivity index (χ1v) is 18.9. The topological polar surface area (TPSA) is 131 Å². The monoisotopic (exact) mass is 645 g/mol. The van der Waals surface area contributed by atoms with Gasteiger partial charge in [0.05, 0.1) is 0 Å². The summed E-state index contributed by atoms with van der Waals surface area (Å²) >= 11 is 0.695. The standard InChI is InChI=1S/C31H40N3O6PS2/c1-25(35)33-29(31(2,3)42-34-37)30(36)32-23-15-8-16-24-41(40-43(4,38)39,26-17-9-5-10-18-26,27-19-11-6-12-20-27)28-21-13-7-14-22-28/h5-7,9-14,17-22,29H,8,15-16,23-24H2,1-4H3,(H,32,36)(H,33,35). The van der Waals surface area contributed by atoms with Crippen molar-refractivity contribution in [3.63, 3.8) is 0 Å². The van der Waals surface area contributed by atoms with Gasteiger partial charge < -0.3 is 0 Å². The molecule has 1 atom stereocenters. The van der Waals surface area contributed by atoms with Gasteiger partial charge in [-0.3, -0.25) is 0 Å². The number of nitrogens with one attached hydrogen (secondary N) is 2. The van der Waals surface area contributed by atoms with Crippen molar-refractivity contribution in [2.75, 3.05) is 19.0 Å². The molecular formula is C31H40N3O6PS2. The summed E-state index contributed by atoms with van der Waals surface area (Å²) in [5, 5.41) is 7.92. The van der Waals surface area contributed by atoms with Gasteiger partial charge >= 0.3 is 260 Å². The molecule has 43 heavy (non-hydrogen) atoms. The van der Waals surface area contributed by atoms with E-state index in [1.165, 1.54) is 6.92 Å². The molecule has 0 heterocycles. The molecule has 2 amide bonds. The van der Waals surface area contributed by atoms with Crippen LogP contribution in [0.4, 0.5) is 0 Å². The molecule has 1 unspecified atom stereocenters. The molecule has 2 N–H and O–H groups in total. The van der Waals surface area contributed by atoms with Crippen molar-refractivity contribution in [3.05, 3.63) is 95.9 Å². The fraction of sp³-hybridized carbons (Fsp3) is 0.355. The van der Waals surface area contributed by atoms with Crippen LogP contribution in [-0.4, -0.2) is 50.0 Å². The number of hydrogen-bond donors (Lipinski definition) is 2. The molecule has 9 nitrogen and oxygen atoms in total. The van der Waals surface area contributed by atoms with E-state index in [2.05, 4.69) is 15.2 Å². The number of unbranched alkanes of at least 4 members (excludes halogenated alkanes) is 2. The van der Waals surface area contributed by atoms with E-state index in [-0.39, 0.29) is 5.91 Å². The molecule has 0 bridgehead atoms. The van der Waals surface area contributed by atoms with Gasteiger partial charge in [0, 0.05) is 0 Å². The van der Waals surface area contributed by atoms with E-state index in [1.807, 2.05) is 91.0 Å². The number of nitrogens with zero attached hydrogens (tertiary/aromatic N) is 1. The first kappa shape index (κ1) is 34.4. The molecule has 0 radical (unpaired) electrons. The SMILES string of the molecule is CC(=O)NC(C(=O)NCCCCCP(OS(C)(=O)=O)(c1ccccc1)(c1ccccc1)c1ccccc1)C(C)(C)SN=O. The van der Waals surface area contributed by atoms with Gasteiger partial charge in [-0.05, 0) is 0 Å². The first-order valence-electron chi connectivity index (χ1n) is 14.0. The van der Waals surface area contributed by atoms with Gasteiger partial charge in [-0.2, -0.15) is 0 Å². The van der Waals surface area contributed by atoms with E-state index in [9.17, 15) is 22.9 Å². The van der Waals surface area contributed by atoms with Crippen molar-refractivity contribution in [2.45, 2.75) is 50.8 Å². The van der Waals surface area contributed by atoms with Crippen LogP contribution in [0.15, 0.2) is 95.6 Å². The second kappa shape index (κ2) is 14.6. The van der Waals surface area contributed by atoms with Crippen LogP contribution >= 0.6 is 18.8 Å². The van der Waals surface area contributed by atoms with Crippen molar-refractivity contribution in [2.24, 2.45) is 4.58 Å². The fourth-order valence-electron chi connectivity index (χ4n) is 5.47. The summed E-state index contributed by atoms with van der Waals surface area (Å²) in [5.41, 5.74) is 0. The molecule has 3 aromatic carbocycles. The van der Waals surface area contributed by atoms with Crippen LogP contribution in [0.25, 0.3) is 0 Å². The molecule has 3 aromatic rings. The summed E-state index contributed by atoms with van der Waals surface area (Å²) < 4.78 is 34.7. The zero-order chi connectivity index (χ0) is 31.6. The molecule has 0 spiro atoms. The van der Waals surface area contributed by atoms with Crippen LogP contribution in [0.5, 0.6) is 0 Å². The Hall–Kier alpha value is -3.11. The number of benzene rings is 3. The quantitative estimate of drug-likeness (QED) is 0.102. The van der Waals surface area contributed by atoms with Gasteiger partial charge in [0.1, 0.15) is 0 Å². The summed E-state index contributed by atoms with van der Waals surface area (Å²) in [6.07, 6.45) is 3.39. The molecule has 232 valence electrons. The van der Waals surface area contributed by atoms with E-state index < -0.39 is 33.6 Å². The fourth-order valence-corrected chi connectivity index (χ4v) is 14.6. The Labute approximate surface area is 258 Å². The van der Waals surface area contributed by atoms with Crippen LogP contribution in [0.2, 0.25) is 0 Å². The zero-order valence-electron chi connectivity index (χ0n) is 24.9. The van der Waals surface area contributed by atoms with Gasteiger partial charge in [-0.25, -0.2) is 0 Å². The molecular weight excluding hydrogens is 605 g/mol. The molecule has 0 aliphatic heterocycles. The number of carbonyl (C=O) groups excluding carboxylic acids is 2. The summed E-state index contributed by atoms with van der Waals surface area (Å²) in [6.45, 7) is 0.921. The molecule has 0 saturated carbocycles. The normalized spacial score (nSPS) is 13.7. The Morgan fingerprint density at radius 3 is 1.72 bits per heavy atom. The van der Waals surface area contributed by atoms with Crippen LogP contribution in [0, 0.1) is 4.91 Å². The van der Waals surface area contributed by atoms with Gasteiger partial charge in [0.25, 0.3) is 0 Å². The summed E-state index contributed by atoms with van der Waals surface area (Å²) in [6, 6.07) is 27.8. The second-order valence-corrected chi connectivity index (χ2v) is 18.8. The Morgan fingerprint density at radius 2 is 1.33 bits per heavy atom. The molecule has 3 rings (SSSR count). The van der Waals surface area contributed by atoms with E-state index >= 15 is 0 Å². The Balaban J connectivity index is 1.93. The third-order valence-corrected chi connectivity index (χ3v) is 15.9. The third kappa shape index (κ3) is 8.09. The second-order valence-electron chi connectivity index (χ2n) is 11.0. The third-order valence-electron chi connectivity index (χ3n) is 7.35. The zero-order valence-corrected chi connectivity index (χ0v) is 27.5. The number of amides is 2. The maximum absolute atomic E-state index is 13.2. The summed E-state index contributed by atoms with van der Waals surface area (Å²) in [5.74, 6) is -0.797. The molecule has 0 saturated heterocycles. The van der Waals surface area contributed by atoms with Gasteiger partial charge in [-0.1, -0.05) is 0 Å². The van der Waals surface area contributed by atoms with Crippen molar-refractivity contribution < 1.29 is 22.0 Å². The van der Waals surface area contributed by atoms with E-state index in [0.29, 0.717) is 43.9 Å². The molecule has 0 aliphatic rings. The Bertz CT molecular complexity index is 1390. The van der Waals surface area contributed by atoms with Crippen molar-refractivity contribution in [1.29, 1.82) is 0 Å². The Morgan fingerprint density at radius 1 is 0.860 bits per heavy atom. The summed E-state index contributed by atoms with van der Waals surface area (Å²) in [4.78, 5) is 35.6. The van der Waals surface area contributed by atoms with E-state index in [1.54, 1.807) is 13.8 Å². The molecule has 0 aliphatic carbocycles. The van der Waals surface area contributed by atoms with E-state index in [4.69, 9.17) is 3.97 Å². The minimum atomic E-state index is -4.05. The minimum absolute atomic E-state index is 0.328. The van der Waals surface area contributed by atoms with Crippen LogP contribution in [0.1, 0.15) is 40.0 Å².